The number of fused-ring (bicyclic) bond motifs is 3. The summed E-state index contributed by atoms with van der Waals surface area (Å²) in [7, 11) is 0. The second-order valence-corrected chi connectivity index (χ2v) is 33.0. The smallest absolute Gasteiger partial charge is 0.338 e. The van der Waals surface area contributed by atoms with E-state index in [-0.39, 0.29) is 101 Å². The summed E-state index contributed by atoms with van der Waals surface area (Å²) >= 11 is 47.7. The van der Waals surface area contributed by atoms with Crippen LogP contribution in [0.1, 0.15) is 128 Å². The zero-order valence-electron chi connectivity index (χ0n) is 58.8. The van der Waals surface area contributed by atoms with Gasteiger partial charge in [0, 0.05) is 52.3 Å². The van der Waals surface area contributed by atoms with E-state index >= 15 is 0 Å². The van der Waals surface area contributed by atoms with Gasteiger partial charge in [0.05, 0.1) is 70.4 Å². The van der Waals surface area contributed by atoms with Crippen molar-refractivity contribution in [1.29, 1.82) is 0 Å². The normalized spacial score (nSPS) is 19.2. The summed E-state index contributed by atoms with van der Waals surface area (Å²) in [6, 6.07) is 29.5. The minimum absolute atomic E-state index is 0.0444. The molecule has 12 rings (SSSR count). The summed E-state index contributed by atoms with van der Waals surface area (Å²) in [5.74, 6) is -6.01. The van der Waals surface area contributed by atoms with Crippen LogP contribution in [0.3, 0.4) is 0 Å². The molecule has 572 valence electrons. The number of amides is 11. The highest BCUT2D eigenvalue weighted by Gasteiger charge is 2.62. The van der Waals surface area contributed by atoms with Gasteiger partial charge in [-0.05, 0) is 170 Å². The molecule has 0 aliphatic carbocycles. The number of aromatic carboxylic acids is 1. The molecule has 0 saturated carbocycles. The molecule has 6 aliphatic rings. The van der Waals surface area contributed by atoms with Crippen molar-refractivity contribution in [3.8, 4) is 0 Å². The number of carboxylic acids is 2. The predicted octanol–water partition coefficient (Wildman–Crippen LogP) is 14.8. The summed E-state index contributed by atoms with van der Waals surface area (Å²) in [4.78, 5) is 158. The van der Waals surface area contributed by atoms with Crippen molar-refractivity contribution in [3.05, 3.63) is 186 Å². The van der Waals surface area contributed by atoms with E-state index < -0.39 is 82.2 Å². The zero-order chi connectivity index (χ0) is 79.4. The first-order valence-corrected chi connectivity index (χ1v) is 38.1. The average Bonchev–Trinajstić information content (AvgIpc) is 1.58. The van der Waals surface area contributed by atoms with Gasteiger partial charge in [-0.3, -0.25) is 38.4 Å². The first kappa shape index (κ1) is 84.1. The second-order valence-electron chi connectivity index (χ2n) is 27.8. The Bertz CT molecular complexity index is 4560. The van der Waals surface area contributed by atoms with Crippen LogP contribution in [-0.2, 0) is 57.5 Å². The number of carbonyl (C=O) groups excluding carboxylic acids is 10. The van der Waals surface area contributed by atoms with E-state index in [1.807, 2.05) is 72.8 Å². The second kappa shape index (κ2) is 34.2. The molecular weight excluding hydrogens is 1720 g/mol. The Labute approximate surface area is 676 Å². The van der Waals surface area contributed by atoms with Gasteiger partial charge in [-0.1, -0.05) is 154 Å². The largest absolute Gasteiger partial charge is 0.480 e. The lowest BCUT2D eigenvalue weighted by atomic mass is 9.88. The van der Waals surface area contributed by atoms with Crippen LogP contribution in [0.15, 0.2) is 123 Å². The molecule has 6 aromatic carbocycles. The van der Waals surface area contributed by atoms with Gasteiger partial charge in [-0.15, -0.1) is 0 Å². The van der Waals surface area contributed by atoms with E-state index in [1.165, 1.54) is 36.4 Å². The van der Waals surface area contributed by atoms with Crippen LogP contribution in [0, 0.1) is 0 Å². The van der Waals surface area contributed by atoms with E-state index in [0.717, 1.165) is 57.6 Å². The minimum atomic E-state index is -1.28. The number of nitrogens with two attached hydrogens (primary N) is 1. The van der Waals surface area contributed by atoms with Crippen molar-refractivity contribution in [2.24, 2.45) is 5.73 Å². The van der Waals surface area contributed by atoms with Crippen molar-refractivity contribution in [1.82, 2.24) is 25.3 Å². The standard InChI is InChI=1S/C26H26BrCl2N3O5.C22H18BrCl2N3O5.C20H15BrCl2N2O4.C6H13NO2/c1-25(2,3)37-20(33)14-30-22(34)21-18(28)11-17(12-19(21)29)32-23(35)26(9-4-10-31(26)24(32)36)13-15-5-7-16(27)8-6-15;23-13-4-2-12(3-5-13)10-22-6-1-7-27(22)21(33)28(20(22)32)14-8-15(24)18(16(25)9-14)19(31)26-11-17(29)30;21-12-4-2-11(3-5-12)10-20-6-1-7-24(20)19(29)25(18(20)28)13-8-14(22)16(17(26)27)15(23)9-13;1-6(2,3)9-5(8)4-7/h5-8,11-12H,4,9-10,13-14H2,1-3H3,(H,30,34);2-5,8-9H,1,6-7,10-11H2,(H,26,31)(H,29,30);2-5,8-9H,1,6-7,10H2,(H,26,27);4,7H2,1-3H3. The highest BCUT2D eigenvalue weighted by atomic mass is 79.9. The number of rotatable bonds is 17. The summed E-state index contributed by atoms with van der Waals surface area (Å²) in [6.45, 7) is 10.9. The molecule has 0 spiro atoms. The van der Waals surface area contributed by atoms with Gasteiger partial charge in [-0.25, -0.2) is 33.9 Å². The summed E-state index contributed by atoms with van der Waals surface area (Å²) in [5.41, 5.74) is 3.79. The molecule has 0 aromatic heterocycles. The fourth-order valence-corrected chi connectivity index (χ4v) is 16.3. The SMILES string of the molecule is CC(C)(C)OC(=O)CN.CC(C)(C)OC(=O)CNC(=O)c1c(Cl)cc(N2C(=O)N3CCCC3(Cc3ccc(Br)cc3)C2=O)cc1Cl.O=C(O)CNC(=O)c1c(Cl)cc(N2C(=O)N3CCCC3(Cc3ccc(Br)cc3)C2=O)cc1Cl.O=C(O)c1c(Cl)cc(N2C(=O)N3CCCC3(Cc3ccc(Br)cc3)C2=O)cc1Cl. The third-order valence-electron chi connectivity index (χ3n) is 18.1. The monoisotopic (exact) mass is 1790 g/mol. The first-order valence-electron chi connectivity index (χ1n) is 33.5. The quantitative estimate of drug-likeness (QED) is 0.0418. The van der Waals surface area contributed by atoms with E-state index in [9.17, 15) is 62.6 Å². The molecule has 34 heteroatoms. The third kappa shape index (κ3) is 18.4. The number of ether oxygens (including phenoxy) is 2. The predicted molar refractivity (Wildman–Crippen MR) is 418 cm³/mol. The van der Waals surface area contributed by atoms with Crippen molar-refractivity contribution in [2.75, 3.05) is 54.0 Å². The number of imide groups is 3. The van der Waals surface area contributed by atoms with Crippen molar-refractivity contribution >= 4 is 206 Å². The minimum Gasteiger partial charge on any atom is -0.480 e. The number of urea groups is 3. The number of benzene rings is 6. The highest BCUT2D eigenvalue weighted by Crippen LogP contribution is 2.48. The lowest BCUT2D eigenvalue weighted by Gasteiger charge is -2.28. The Balaban J connectivity index is 0.000000177. The lowest BCUT2D eigenvalue weighted by molar-refractivity contribution is -0.154. The van der Waals surface area contributed by atoms with Crippen LogP contribution in [0.25, 0.3) is 0 Å². The Morgan fingerprint density at radius 1 is 0.444 bits per heavy atom. The molecule has 3 unspecified atom stereocenters. The summed E-state index contributed by atoms with van der Waals surface area (Å²) < 4.78 is 12.8. The van der Waals surface area contributed by atoms with Crippen LogP contribution in [-0.4, -0.2) is 164 Å². The molecule has 6 aliphatic heterocycles. The topological polar surface area (TPSA) is 333 Å². The number of hydrogen-bond acceptors (Lipinski definition) is 15. The van der Waals surface area contributed by atoms with Gasteiger partial charge in [0.2, 0.25) is 0 Å². The molecule has 6 fully saturated rings. The van der Waals surface area contributed by atoms with Gasteiger partial charge in [-0.2, -0.15) is 0 Å². The van der Waals surface area contributed by atoms with Gasteiger partial charge >= 0.3 is 42.0 Å². The maximum atomic E-state index is 13.8. The number of nitrogens with zero attached hydrogens (tertiary/aromatic N) is 6. The fourth-order valence-electron chi connectivity index (χ4n) is 13.6. The van der Waals surface area contributed by atoms with Crippen LogP contribution in [0.2, 0.25) is 30.1 Å². The molecule has 6 aromatic rings. The fraction of sp³-hybridized carbons (Fsp3) is 0.351. The number of esters is 2. The van der Waals surface area contributed by atoms with Crippen molar-refractivity contribution in [3.63, 3.8) is 0 Å². The molecule has 25 nitrogen and oxygen atoms in total. The molecule has 0 bridgehead atoms. The van der Waals surface area contributed by atoms with E-state index in [4.69, 9.17) is 89.9 Å². The zero-order valence-corrected chi connectivity index (χ0v) is 68.1. The number of aliphatic carboxylic acids is 1. The number of carboxylic acid groups (broad SMARTS) is 2. The Hall–Kier alpha value is -7.90. The number of anilines is 3. The Morgan fingerprint density at radius 3 is 0.963 bits per heavy atom. The van der Waals surface area contributed by atoms with E-state index in [1.54, 1.807) is 56.2 Å². The Morgan fingerprint density at radius 2 is 0.713 bits per heavy atom. The number of hydrogen-bond donors (Lipinski definition) is 5. The van der Waals surface area contributed by atoms with E-state index in [2.05, 4.69) is 58.4 Å². The Kier molecular flexibility index (Phi) is 26.6. The van der Waals surface area contributed by atoms with E-state index in [0.29, 0.717) is 64.6 Å². The summed E-state index contributed by atoms with van der Waals surface area (Å²) in [6.07, 6.45) is 4.95. The molecule has 6 heterocycles. The number of halogens is 9. The molecule has 6 saturated heterocycles. The summed E-state index contributed by atoms with van der Waals surface area (Å²) in [5, 5.41) is 22.0. The average molecular weight is 1800 g/mol. The molecule has 0 radical (unpaired) electrons. The van der Waals surface area contributed by atoms with Crippen LogP contribution < -0.4 is 31.1 Å². The number of carbonyl (C=O) groups is 12. The highest BCUT2D eigenvalue weighted by molar-refractivity contribution is 9.11. The van der Waals surface area contributed by atoms with Gasteiger partial charge in [0.25, 0.3) is 29.5 Å². The molecule has 6 N–H and O–H groups in total. The van der Waals surface area contributed by atoms with Gasteiger partial charge in [0.1, 0.15) is 40.9 Å². The molecule has 11 amide bonds. The first-order chi connectivity index (χ1) is 50.7. The maximum absolute atomic E-state index is 13.8. The molecular formula is C74H72Br3Cl6N9O16. The third-order valence-corrected chi connectivity index (χ3v) is 21.5. The van der Waals surface area contributed by atoms with Crippen LogP contribution in [0.4, 0.5) is 31.4 Å². The maximum Gasteiger partial charge on any atom is 0.338 e. The van der Waals surface area contributed by atoms with Crippen LogP contribution >= 0.6 is 117 Å². The van der Waals surface area contributed by atoms with Crippen molar-refractivity contribution in [2.45, 2.75) is 127 Å². The van der Waals surface area contributed by atoms with Gasteiger partial charge in [0.15, 0.2) is 0 Å². The number of nitrogens with one attached hydrogen (secondary N) is 2. The van der Waals surface area contributed by atoms with Gasteiger partial charge < -0.3 is 50.8 Å². The lowest BCUT2D eigenvalue weighted by Crippen LogP contribution is -2.47. The van der Waals surface area contributed by atoms with Crippen LogP contribution in [0.5, 0.6) is 0 Å². The molecule has 108 heavy (non-hydrogen) atoms. The molecule has 3 atom stereocenters. The van der Waals surface area contributed by atoms with Crippen molar-refractivity contribution < 1.29 is 77.2 Å².